The van der Waals surface area contributed by atoms with Gasteiger partial charge in [-0.3, -0.25) is 0 Å². The van der Waals surface area contributed by atoms with Crippen molar-refractivity contribution >= 4 is 22.5 Å². The SMILES string of the molecule is CC[C@@H](c1ccccc1)n1ccc2c(Cl)cccc21. The fourth-order valence-electron chi connectivity index (χ4n) is 2.69. The Kier molecular flexibility index (Phi) is 3.31. The lowest BCUT2D eigenvalue weighted by Gasteiger charge is -2.19. The van der Waals surface area contributed by atoms with Gasteiger partial charge in [-0.1, -0.05) is 54.9 Å². The molecule has 0 saturated carbocycles. The topological polar surface area (TPSA) is 4.93 Å². The molecule has 0 aliphatic heterocycles. The minimum Gasteiger partial charge on any atom is -0.340 e. The largest absolute Gasteiger partial charge is 0.340 e. The fraction of sp³-hybridized carbons (Fsp3) is 0.176. The molecule has 3 rings (SSSR count). The molecule has 0 N–H and O–H groups in total. The Morgan fingerprint density at radius 2 is 1.79 bits per heavy atom. The first-order valence-corrected chi connectivity index (χ1v) is 6.99. The molecule has 1 atom stereocenters. The zero-order chi connectivity index (χ0) is 13.2. The maximum absolute atomic E-state index is 6.25. The Morgan fingerprint density at radius 1 is 1.00 bits per heavy atom. The van der Waals surface area contributed by atoms with Crippen molar-refractivity contribution in [3.63, 3.8) is 0 Å². The second kappa shape index (κ2) is 5.10. The van der Waals surface area contributed by atoms with Gasteiger partial charge in [-0.05, 0) is 30.2 Å². The molecule has 1 aromatic heterocycles. The summed E-state index contributed by atoms with van der Waals surface area (Å²) in [5.41, 5.74) is 2.53. The highest BCUT2D eigenvalue weighted by Crippen LogP contribution is 2.30. The first-order chi connectivity index (χ1) is 9.31. The minimum absolute atomic E-state index is 0.358. The number of nitrogens with zero attached hydrogens (tertiary/aromatic N) is 1. The Bertz CT molecular complexity index is 685. The lowest BCUT2D eigenvalue weighted by molar-refractivity contribution is 0.585. The summed E-state index contributed by atoms with van der Waals surface area (Å²) in [6.07, 6.45) is 3.19. The van der Waals surface area contributed by atoms with E-state index in [1.165, 1.54) is 11.1 Å². The van der Waals surface area contributed by atoms with Gasteiger partial charge in [0.05, 0.1) is 11.6 Å². The van der Waals surface area contributed by atoms with Gasteiger partial charge in [-0.25, -0.2) is 0 Å². The monoisotopic (exact) mass is 269 g/mol. The van der Waals surface area contributed by atoms with E-state index in [-0.39, 0.29) is 0 Å². The molecule has 0 aliphatic rings. The summed E-state index contributed by atoms with van der Waals surface area (Å²) >= 11 is 6.25. The van der Waals surface area contributed by atoms with E-state index in [9.17, 15) is 0 Å². The first-order valence-electron chi connectivity index (χ1n) is 6.61. The summed E-state index contributed by atoms with van der Waals surface area (Å²) in [5, 5.41) is 1.94. The number of rotatable bonds is 3. The van der Waals surface area contributed by atoms with E-state index in [1.54, 1.807) is 0 Å². The number of hydrogen-bond acceptors (Lipinski definition) is 0. The molecule has 2 aromatic carbocycles. The van der Waals surface area contributed by atoms with Crippen LogP contribution < -0.4 is 0 Å². The van der Waals surface area contributed by atoms with Crippen LogP contribution in [-0.4, -0.2) is 4.57 Å². The van der Waals surface area contributed by atoms with E-state index < -0.39 is 0 Å². The molecule has 0 bridgehead atoms. The van der Waals surface area contributed by atoms with Crippen LogP contribution in [0.1, 0.15) is 24.9 Å². The number of hydrogen-bond donors (Lipinski definition) is 0. The Balaban J connectivity index is 2.15. The third-order valence-corrected chi connectivity index (χ3v) is 3.95. The number of aromatic nitrogens is 1. The second-order valence-electron chi connectivity index (χ2n) is 4.73. The summed E-state index contributed by atoms with van der Waals surface area (Å²) in [7, 11) is 0. The Morgan fingerprint density at radius 3 is 2.53 bits per heavy atom. The molecule has 0 radical (unpaired) electrons. The van der Waals surface area contributed by atoms with Crippen LogP contribution in [0.2, 0.25) is 5.02 Å². The third-order valence-electron chi connectivity index (χ3n) is 3.62. The molecule has 96 valence electrons. The third kappa shape index (κ3) is 2.15. The molecule has 0 unspecified atom stereocenters. The van der Waals surface area contributed by atoms with Crippen LogP contribution in [0.4, 0.5) is 0 Å². The predicted octanol–water partition coefficient (Wildman–Crippen LogP) is 5.29. The first kappa shape index (κ1) is 12.3. The van der Waals surface area contributed by atoms with Crippen LogP contribution in [0, 0.1) is 0 Å². The van der Waals surface area contributed by atoms with E-state index in [4.69, 9.17) is 11.6 Å². The summed E-state index contributed by atoms with van der Waals surface area (Å²) in [4.78, 5) is 0. The average molecular weight is 270 g/mol. The number of fused-ring (bicyclic) bond motifs is 1. The smallest absolute Gasteiger partial charge is 0.0583 e. The molecule has 0 amide bonds. The predicted molar refractivity (Wildman–Crippen MR) is 81.8 cm³/mol. The van der Waals surface area contributed by atoms with Crippen LogP contribution in [-0.2, 0) is 0 Å². The van der Waals surface area contributed by atoms with Crippen molar-refractivity contribution in [1.82, 2.24) is 4.57 Å². The molecule has 0 fully saturated rings. The van der Waals surface area contributed by atoms with Crippen LogP contribution in [0.15, 0.2) is 60.8 Å². The van der Waals surface area contributed by atoms with Crippen molar-refractivity contribution in [2.24, 2.45) is 0 Å². The van der Waals surface area contributed by atoms with Crippen molar-refractivity contribution < 1.29 is 0 Å². The molecule has 1 nitrogen and oxygen atoms in total. The zero-order valence-electron chi connectivity index (χ0n) is 10.9. The van der Waals surface area contributed by atoms with Gasteiger partial charge in [0.2, 0.25) is 0 Å². The summed E-state index contributed by atoms with van der Waals surface area (Å²) in [6.45, 7) is 2.22. The van der Waals surface area contributed by atoms with Crippen LogP contribution in [0.3, 0.4) is 0 Å². The van der Waals surface area contributed by atoms with Gasteiger partial charge in [0.1, 0.15) is 0 Å². The van der Waals surface area contributed by atoms with Gasteiger partial charge in [0.25, 0.3) is 0 Å². The molecule has 0 spiro atoms. The molecular formula is C17H16ClN. The summed E-state index contributed by atoms with van der Waals surface area (Å²) in [6, 6.07) is 19.2. The van der Waals surface area contributed by atoms with Crippen LogP contribution in [0.25, 0.3) is 10.9 Å². The van der Waals surface area contributed by atoms with E-state index in [1.807, 2.05) is 12.1 Å². The quantitative estimate of drug-likeness (QED) is 0.608. The second-order valence-corrected chi connectivity index (χ2v) is 5.14. The van der Waals surface area contributed by atoms with Crippen molar-refractivity contribution in [2.45, 2.75) is 19.4 Å². The van der Waals surface area contributed by atoms with Gasteiger partial charge in [-0.2, -0.15) is 0 Å². The maximum atomic E-state index is 6.25. The van der Waals surface area contributed by atoms with Crippen molar-refractivity contribution in [1.29, 1.82) is 0 Å². The molecule has 3 aromatic rings. The normalized spacial score (nSPS) is 12.7. The maximum Gasteiger partial charge on any atom is 0.0583 e. The molecule has 19 heavy (non-hydrogen) atoms. The Labute approximate surface area is 118 Å². The van der Waals surface area contributed by atoms with Gasteiger partial charge >= 0.3 is 0 Å². The summed E-state index contributed by atoms with van der Waals surface area (Å²) in [5.74, 6) is 0. The number of benzene rings is 2. The Hall–Kier alpha value is -1.73. The summed E-state index contributed by atoms with van der Waals surface area (Å²) < 4.78 is 2.32. The minimum atomic E-state index is 0.358. The van der Waals surface area contributed by atoms with Gasteiger partial charge < -0.3 is 4.57 Å². The fourth-order valence-corrected chi connectivity index (χ4v) is 2.92. The molecule has 0 aliphatic carbocycles. The van der Waals surface area contributed by atoms with E-state index in [2.05, 4.69) is 60.2 Å². The van der Waals surface area contributed by atoms with Gasteiger partial charge in [0, 0.05) is 16.6 Å². The van der Waals surface area contributed by atoms with Crippen LogP contribution >= 0.6 is 11.6 Å². The molecular weight excluding hydrogens is 254 g/mol. The van der Waals surface area contributed by atoms with E-state index >= 15 is 0 Å². The van der Waals surface area contributed by atoms with Crippen molar-refractivity contribution in [3.8, 4) is 0 Å². The average Bonchev–Trinajstić information content (AvgIpc) is 2.87. The van der Waals surface area contributed by atoms with Gasteiger partial charge in [-0.15, -0.1) is 0 Å². The van der Waals surface area contributed by atoms with Crippen molar-refractivity contribution in [3.05, 3.63) is 71.4 Å². The lowest BCUT2D eigenvalue weighted by atomic mass is 10.0. The highest BCUT2D eigenvalue weighted by atomic mass is 35.5. The van der Waals surface area contributed by atoms with Crippen LogP contribution in [0.5, 0.6) is 0 Å². The molecule has 1 heterocycles. The van der Waals surface area contributed by atoms with E-state index in [0.717, 1.165) is 16.8 Å². The van der Waals surface area contributed by atoms with E-state index in [0.29, 0.717) is 6.04 Å². The highest BCUT2D eigenvalue weighted by Gasteiger charge is 2.14. The zero-order valence-corrected chi connectivity index (χ0v) is 11.6. The highest BCUT2D eigenvalue weighted by molar-refractivity contribution is 6.35. The number of halogens is 1. The lowest BCUT2D eigenvalue weighted by Crippen LogP contribution is -2.08. The standard InChI is InChI=1S/C17H16ClN/c1-2-16(13-7-4-3-5-8-13)19-12-11-14-15(18)9-6-10-17(14)19/h3-12,16H,2H2,1H3/t16-/m0/s1. The molecule has 2 heteroatoms. The van der Waals surface area contributed by atoms with Crippen molar-refractivity contribution in [2.75, 3.05) is 0 Å². The molecule has 0 saturated heterocycles. The van der Waals surface area contributed by atoms with Gasteiger partial charge in [0.15, 0.2) is 0 Å².